The molecule has 0 aromatic heterocycles. The molecule has 0 aliphatic carbocycles. The topological polar surface area (TPSA) is 30.5 Å². The zero-order valence-corrected chi connectivity index (χ0v) is 10.8. The highest BCUT2D eigenvalue weighted by Crippen LogP contribution is 2.30. The summed E-state index contributed by atoms with van der Waals surface area (Å²) in [5, 5.41) is 3.37. The number of benzene rings is 1. The van der Waals surface area contributed by atoms with Gasteiger partial charge in [-0.3, -0.25) is 0 Å². The third-order valence-corrected chi connectivity index (χ3v) is 2.44. The Morgan fingerprint density at radius 3 is 2.00 bits per heavy atom. The molecule has 3 nitrogen and oxygen atoms in total. The summed E-state index contributed by atoms with van der Waals surface area (Å²) in [7, 11) is 3.38. The minimum Gasteiger partial charge on any atom is -0.496 e. The lowest BCUT2D eigenvalue weighted by Crippen LogP contribution is -2.22. The van der Waals surface area contributed by atoms with E-state index in [1.807, 2.05) is 19.1 Å². The molecule has 0 aliphatic heterocycles. The lowest BCUT2D eigenvalue weighted by Gasteiger charge is -2.16. The van der Waals surface area contributed by atoms with Crippen LogP contribution in [0.25, 0.3) is 0 Å². The van der Waals surface area contributed by atoms with E-state index in [0.29, 0.717) is 6.04 Å². The molecule has 1 aromatic rings. The van der Waals surface area contributed by atoms with Crippen molar-refractivity contribution in [1.82, 2.24) is 5.32 Å². The van der Waals surface area contributed by atoms with Crippen molar-refractivity contribution >= 4 is 0 Å². The molecule has 1 aromatic carbocycles. The van der Waals surface area contributed by atoms with Crippen molar-refractivity contribution in [3.8, 4) is 11.5 Å². The van der Waals surface area contributed by atoms with Gasteiger partial charge in [0.25, 0.3) is 0 Å². The normalized spacial score (nSPS) is 10.6. The van der Waals surface area contributed by atoms with Crippen molar-refractivity contribution in [2.24, 2.45) is 0 Å². The first-order valence-electron chi connectivity index (χ1n) is 5.53. The summed E-state index contributed by atoms with van der Waals surface area (Å²) in [5.74, 6) is 1.76. The van der Waals surface area contributed by atoms with Crippen LogP contribution in [0.2, 0.25) is 0 Å². The molecule has 0 amide bonds. The van der Waals surface area contributed by atoms with Crippen LogP contribution in [0.3, 0.4) is 0 Å². The van der Waals surface area contributed by atoms with Gasteiger partial charge in [-0.2, -0.15) is 0 Å². The van der Waals surface area contributed by atoms with Gasteiger partial charge in [-0.25, -0.2) is 0 Å². The number of hydrogen-bond acceptors (Lipinski definition) is 3. The largest absolute Gasteiger partial charge is 0.496 e. The number of methoxy groups -OCH3 is 2. The Bertz CT molecular complexity index is 323. The van der Waals surface area contributed by atoms with E-state index in [-0.39, 0.29) is 0 Å². The Kier molecular flexibility index (Phi) is 4.62. The summed E-state index contributed by atoms with van der Waals surface area (Å²) in [4.78, 5) is 0. The first kappa shape index (κ1) is 12.8. The second kappa shape index (κ2) is 5.75. The van der Waals surface area contributed by atoms with Crippen molar-refractivity contribution in [1.29, 1.82) is 0 Å². The first-order valence-corrected chi connectivity index (χ1v) is 5.53. The maximum absolute atomic E-state index is 5.38. The second-order valence-corrected chi connectivity index (χ2v) is 4.18. The van der Waals surface area contributed by atoms with Crippen LogP contribution < -0.4 is 14.8 Å². The lowest BCUT2D eigenvalue weighted by atomic mass is 10.1. The van der Waals surface area contributed by atoms with Crippen molar-refractivity contribution < 1.29 is 9.47 Å². The Balaban J connectivity index is 3.02. The van der Waals surface area contributed by atoms with Crippen LogP contribution in [-0.2, 0) is 6.54 Å². The number of ether oxygens (including phenoxy) is 2. The summed E-state index contributed by atoms with van der Waals surface area (Å²) >= 11 is 0. The van der Waals surface area contributed by atoms with Crippen LogP contribution in [-0.4, -0.2) is 20.3 Å². The zero-order valence-electron chi connectivity index (χ0n) is 10.8. The molecule has 0 fully saturated rings. The van der Waals surface area contributed by atoms with Gasteiger partial charge in [0.15, 0.2) is 0 Å². The van der Waals surface area contributed by atoms with Gasteiger partial charge in [-0.15, -0.1) is 0 Å². The molecule has 0 saturated carbocycles. The minimum absolute atomic E-state index is 0.440. The Morgan fingerprint density at radius 2 is 1.62 bits per heavy atom. The van der Waals surface area contributed by atoms with Gasteiger partial charge in [0.1, 0.15) is 11.5 Å². The van der Waals surface area contributed by atoms with E-state index < -0.39 is 0 Å². The SMILES string of the molecule is COc1cc(C)cc(OC)c1CNC(C)C. The van der Waals surface area contributed by atoms with Crippen molar-refractivity contribution in [3.63, 3.8) is 0 Å². The second-order valence-electron chi connectivity index (χ2n) is 4.18. The molecule has 0 heterocycles. The Hall–Kier alpha value is -1.22. The molecular weight excluding hydrogens is 202 g/mol. The highest BCUT2D eigenvalue weighted by atomic mass is 16.5. The fourth-order valence-electron chi connectivity index (χ4n) is 1.60. The molecule has 1 N–H and O–H groups in total. The predicted octanol–water partition coefficient (Wildman–Crippen LogP) is 2.51. The summed E-state index contributed by atoms with van der Waals surface area (Å²) in [6.07, 6.45) is 0. The third-order valence-electron chi connectivity index (χ3n) is 2.44. The zero-order chi connectivity index (χ0) is 12.1. The van der Waals surface area contributed by atoms with E-state index in [9.17, 15) is 0 Å². The standard InChI is InChI=1S/C13H21NO2/c1-9(2)14-8-11-12(15-4)6-10(3)7-13(11)16-5/h6-7,9,14H,8H2,1-5H3. The van der Waals surface area contributed by atoms with E-state index in [2.05, 4.69) is 19.2 Å². The maximum Gasteiger partial charge on any atom is 0.127 e. The molecule has 0 atom stereocenters. The lowest BCUT2D eigenvalue weighted by molar-refractivity contribution is 0.380. The molecular formula is C13H21NO2. The van der Waals surface area contributed by atoms with Crippen LogP contribution in [0, 0.1) is 6.92 Å². The van der Waals surface area contributed by atoms with Gasteiger partial charge in [0.2, 0.25) is 0 Å². The molecule has 16 heavy (non-hydrogen) atoms. The average molecular weight is 223 g/mol. The minimum atomic E-state index is 0.440. The van der Waals surface area contributed by atoms with Gasteiger partial charge in [-0.05, 0) is 24.6 Å². The molecule has 0 aliphatic rings. The highest BCUT2D eigenvalue weighted by molar-refractivity contribution is 5.47. The quantitative estimate of drug-likeness (QED) is 0.832. The molecule has 0 unspecified atom stereocenters. The highest BCUT2D eigenvalue weighted by Gasteiger charge is 2.11. The van der Waals surface area contributed by atoms with Crippen LogP contribution in [0.5, 0.6) is 11.5 Å². The molecule has 90 valence electrons. The van der Waals surface area contributed by atoms with Crippen LogP contribution >= 0.6 is 0 Å². The van der Waals surface area contributed by atoms with Crippen LogP contribution in [0.15, 0.2) is 12.1 Å². The Morgan fingerprint density at radius 1 is 1.12 bits per heavy atom. The fourth-order valence-corrected chi connectivity index (χ4v) is 1.60. The van der Waals surface area contributed by atoms with Gasteiger partial charge in [-0.1, -0.05) is 13.8 Å². The number of nitrogens with one attached hydrogen (secondary N) is 1. The van der Waals surface area contributed by atoms with Crippen LogP contribution in [0.4, 0.5) is 0 Å². The molecule has 3 heteroatoms. The predicted molar refractivity (Wildman–Crippen MR) is 66.3 cm³/mol. The first-order chi connectivity index (χ1) is 7.58. The van der Waals surface area contributed by atoms with Gasteiger partial charge >= 0.3 is 0 Å². The van der Waals surface area contributed by atoms with E-state index in [1.165, 1.54) is 0 Å². The average Bonchev–Trinajstić information content (AvgIpc) is 2.25. The molecule has 0 saturated heterocycles. The van der Waals surface area contributed by atoms with E-state index in [4.69, 9.17) is 9.47 Å². The number of rotatable bonds is 5. The van der Waals surface area contributed by atoms with Crippen molar-refractivity contribution in [3.05, 3.63) is 23.3 Å². The number of hydrogen-bond donors (Lipinski definition) is 1. The number of aryl methyl sites for hydroxylation is 1. The smallest absolute Gasteiger partial charge is 0.127 e. The summed E-state index contributed by atoms with van der Waals surface area (Å²) in [6, 6.07) is 4.50. The molecule has 0 radical (unpaired) electrons. The summed E-state index contributed by atoms with van der Waals surface area (Å²) in [6.45, 7) is 7.02. The molecule has 1 rings (SSSR count). The fraction of sp³-hybridized carbons (Fsp3) is 0.538. The van der Waals surface area contributed by atoms with Gasteiger partial charge in [0, 0.05) is 18.2 Å². The summed E-state index contributed by atoms with van der Waals surface area (Å²) < 4.78 is 10.8. The van der Waals surface area contributed by atoms with E-state index in [0.717, 1.165) is 29.2 Å². The van der Waals surface area contributed by atoms with E-state index in [1.54, 1.807) is 14.2 Å². The molecule has 0 bridgehead atoms. The monoisotopic (exact) mass is 223 g/mol. The third kappa shape index (κ3) is 3.14. The van der Waals surface area contributed by atoms with E-state index >= 15 is 0 Å². The molecule has 0 spiro atoms. The summed E-state index contributed by atoms with van der Waals surface area (Å²) in [5.41, 5.74) is 2.21. The van der Waals surface area contributed by atoms with Gasteiger partial charge in [0.05, 0.1) is 14.2 Å². The van der Waals surface area contributed by atoms with Crippen molar-refractivity contribution in [2.75, 3.05) is 14.2 Å². The van der Waals surface area contributed by atoms with Crippen molar-refractivity contribution in [2.45, 2.75) is 33.4 Å². The van der Waals surface area contributed by atoms with Crippen LogP contribution in [0.1, 0.15) is 25.0 Å². The Labute approximate surface area is 97.8 Å². The van der Waals surface area contributed by atoms with Gasteiger partial charge < -0.3 is 14.8 Å². The maximum atomic E-state index is 5.38.